The second-order valence-corrected chi connectivity index (χ2v) is 29.6. The SMILES string of the molecule is CO[C@H]1[C@@H](O)[C@H](O[C@@H]2[C@@H](C)O[C@@H](O[C@@H]3[C@@H](C)O[C@@H](O[C@H]4[C@@H](OC)C[C@H](O[C@H]5[C@@H](OC)C[C@H](O[C@H]6CC[C@@]7(C)C(=CC[C@]8(O)[C@@H]7C[C@@H](OC(=O)/C=C/c7ccccc7)[C@@]7(C)[C@]8(O)CC[C@@]7(O)[C@H](C)O)C6)O[C@@H]5C)O[C@@H]4C)C[C@H]3OC)C[C@H]2OC)O[C@H](C)[C@H]1O[C@@H]1O[C@H](CO)[C@H](O)[C@H](O)[C@H]1O. The van der Waals surface area contributed by atoms with Crippen molar-refractivity contribution in [2.45, 2.75) is 321 Å². The van der Waals surface area contributed by atoms with E-state index >= 15 is 0 Å². The van der Waals surface area contributed by atoms with E-state index in [1.54, 1.807) is 48.2 Å². The summed E-state index contributed by atoms with van der Waals surface area (Å²) in [6.07, 6.45) is -17.5. The Kier molecular flexibility index (Phi) is 24.4. The Balaban J connectivity index is 0.658. The number of ether oxygens (including phenoxy) is 18. The number of esters is 1. The van der Waals surface area contributed by atoms with Crippen molar-refractivity contribution in [2.24, 2.45) is 16.7 Å². The molecule has 6 saturated heterocycles. The van der Waals surface area contributed by atoms with Gasteiger partial charge in [0.15, 0.2) is 37.7 Å². The molecule has 6 aliphatic heterocycles. The number of rotatable bonds is 22. The molecule has 4 aliphatic carbocycles. The molecular weight excluding hydrogens is 1300 g/mol. The highest BCUT2D eigenvalue weighted by molar-refractivity contribution is 5.87. The minimum absolute atomic E-state index is 0.00528. The van der Waals surface area contributed by atoms with Crippen LogP contribution in [0.4, 0.5) is 0 Å². The number of carbonyl (C=O) groups is 1. The highest BCUT2D eigenvalue weighted by Gasteiger charge is 2.81. The monoisotopic (exact) mass is 1410 g/mol. The second-order valence-electron chi connectivity index (χ2n) is 29.6. The van der Waals surface area contributed by atoms with E-state index in [2.05, 4.69) is 6.92 Å². The molecule has 562 valence electrons. The fourth-order valence-electron chi connectivity index (χ4n) is 18.4. The molecule has 9 fully saturated rings. The molecule has 0 bridgehead atoms. The van der Waals surface area contributed by atoms with E-state index in [4.69, 9.17) is 85.3 Å². The zero-order chi connectivity index (χ0) is 71.4. The number of carbonyl (C=O) groups excluding carboxylic acids is 1. The fraction of sp³-hybridized carbons (Fsp3) is 0.845. The van der Waals surface area contributed by atoms with E-state index in [-0.39, 0.29) is 44.6 Å². The van der Waals surface area contributed by atoms with Crippen LogP contribution in [-0.2, 0) is 90.1 Å². The molecule has 11 rings (SSSR count). The van der Waals surface area contributed by atoms with Crippen molar-refractivity contribution in [3.63, 3.8) is 0 Å². The molecule has 9 N–H and O–H groups in total. The molecule has 0 radical (unpaired) electrons. The molecule has 3 saturated carbocycles. The van der Waals surface area contributed by atoms with E-state index in [9.17, 15) is 50.8 Å². The van der Waals surface area contributed by atoms with Crippen LogP contribution in [-0.4, -0.2) is 289 Å². The van der Waals surface area contributed by atoms with Crippen LogP contribution >= 0.6 is 0 Å². The average molecular weight is 1410 g/mol. The Morgan fingerprint density at radius 3 is 1.56 bits per heavy atom. The minimum Gasteiger partial charge on any atom is -0.458 e. The van der Waals surface area contributed by atoms with Gasteiger partial charge in [-0.25, -0.2) is 4.79 Å². The predicted molar refractivity (Wildman–Crippen MR) is 345 cm³/mol. The van der Waals surface area contributed by atoms with E-state index in [1.807, 2.05) is 57.2 Å². The van der Waals surface area contributed by atoms with Crippen molar-refractivity contribution in [1.82, 2.24) is 0 Å². The lowest BCUT2D eigenvalue weighted by atomic mass is 9.42. The summed E-state index contributed by atoms with van der Waals surface area (Å²) >= 11 is 0. The number of aliphatic hydroxyl groups excluding tert-OH is 6. The third-order valence-electron chi connectivity index (χ3n) is 24.2. The molecule has 6 heterocycles. The summed E-state index contributed by atoms with van der Waals surface area (Å²) in [5.41, 5.74) is -5.96. The van der Waals surface area contributed by atoms with Gasteiger partial charge in [-0.05, 0) is 104 Å². The van der Waals surface area contributed by atoms with Gasteiger partial charge >= 0.3 is 5.97 Å². The standard InChI is InChI=1S/C71H110O28/c1-34-59(43(82-9)28-51(87-34)92-42-22-23-67(7)41(27-42)21-24-70(80)48(67)32-49(94-50(74)20-19-40-17-15-14-16-18-40)68(8)69(79,39(6)73)25-26-71(68,70)81)95-52-29-44(83-10)60(35(2)88-52)96-53-30-45(84-11)61(36(3)89-53)97-54-31-46(85-12)62(37(4)90-54)98-66-58(78)64(86-13)63(38(5)91-66)99-65-57(77)56(76)55(75)47(33-72)93-65/h14-21,34-39,42-49,51-66,72-73,75-81H,22-33H2,1-13H3/b20-19+/t34-,35-,36-,37-,38-,39+,42+,43+,44+,45-,46-,47-,48-,49-,51+,52+,53+,54+,55+,56+,57-,58-,59-,60-,61-,62-,63-,64+,65+,66+,67+,68-,69-,70+,71-/m1/s1. The summed E-state index contributed by atoms with van der Waals surface area (Å²) in [6, 6.07) is 9.31. The molecule has 0 aromatic heterocycles. The first-order valence-corrected chi connectivity index (χ1v) is 35.3. The van der Waals surface area contributed by atoms with Gasteiger partial charge in [0.25, 0.3) is 0 Å². The lowest BCUT2D eigenvalue weighted by molar-refractivity contribution is -0.374. The molecule has 10 aliphatic rings. The van der Waals surface area contributed by atoms with Gasteiger partial charge in [0.05, 0.1) is 79.2 Å². The van der Waals surface area contributed by atoms with Gasteiger partial charge in [0.2, 0.25) is 0 Å². The van der Waals surface area contributed by atoms with E-state index < -0.39 is 218 Å². The molecule has 1 aromatic rings. The number of benzene rings is 1. The van der Waals surface area contributed by atoms with Gasteiger partial charge in [0.1, 0.15) is 90.1 Å². The molecule has 0 unspecified atom stereocenters. The zero-order valence-corrected chi connectivity index (χ0v) is 59.2. The number of hydrogen-bond donors (Lipinski definition) is 9. The first kappa shape index (κ1) is 77.2. The fourth-order valence-corrected chi connectivity index (χ4v) is 18.4. The minimum atomic E-state index is -1.94. The lowest BCUT2D eigenvalue weighted by Gasteiger charge is -2.67. The van der Waals surface area contributed by atoms with Crippen molar-refractivity contribution < 1.29 is 136 Å². The third kappa shape index (κ3) is 14.6. The number of hydrogen-bond acceptors (Lipinski definition) is 28. The summed E-state index contributed by atoms with van der Waals surface area (Å²) in [6.45, 7) is 13.7. The van der Waals surface area contributed by atoms with Crippen LogP contribution in [0.2, 0.25) is 0 Å². The Hall–Kier alpha value is -2.87. The molecule has 28 nitrogen and oxygen atoms in total. The van der Waals surface area contributed by atoms with Crippen molar-refractivity contribution in [1.29, 1.82) is 0 Å². The Morgan fingerprint density at radius 2 is 1.06 bits per heavy atom. The molecule has 99 heavy (non-hydrogen) atoms. The van der Waals surface area contributed by atoms with E-state index in [0.717, 1.165) is 11.1 Å². The van der Waals surface area contributed by atoms with Crippen molar-refractivity contribution in [3.05, 3.63) is 53.6 Å². The van der Waals surface area contributed by atoms with Crippen LogP contribution in [0.1, 0.15) is 132 Å². The van der Waals surface area contributed by atoms with Gasteiger partial charge in [-0.2, -0.15) is 0 Å². The number of methoxy groups -OCH3 is 5. The maximum absolute atomic E-state index is 13.7. The topological polar surface area (TPSA) is 365 Å². The number of fused-ring (bicyclic) bond motifs is 5. The highest BCUT2D eigenvalue weighted by atomic mass is 16.8. The van der Waals surface area contributed by atoms with Gasteiger partial charge in [-0.3, -0.25) is 0 Å². The van der Waals surface area contributed by atoms with Gasteiger partial charge in [-0.15, -0.1) is 0 Å². The maximum atomic E-state index is 13.7. The first-order valence-electron chi connectivity index (χ1n) is 35.3. The number of aliphatic hydroxyl groups is 9. The molecule has 28 heteroatoms. The van der Waals surface area contributed by atoms with Crippen LogP contribution < -0.4 is 0 Å². The average Bonchev–Trinajstić information content (AvgIpc) is 1.59. The van der Waals surface area contributed by atoms with Crippen molar-refractivity contribution >= 4 is 12.0 Å². The van der Waals surface area contributed by atoms with Crippen LogP contribution in [0.3, 0.4) is 0 Å². The Bertz CT molecular complexity index is 2870. The predicted octanol–water partition coefficient (Wildman–Crippen LogP) is 2.36. The van der Waals surface area contributed by atoms with Gasteiger partial charge in [0, 0.05) is 73.2 Å². The Labute approximate surface area is 579 Å². The molecule has 0 amide bonds. The van der Waals surface area contributed by atoms with E-state index in [1.165, 1.54) is 27.2 Å². The van der Waals surface area contributed by atoms with Crippen LogP contribution in [0.5, 0.6) is 0 Å². The van der Waals surface area contributed by atoms with E-state index in [0.29, 0.717) is 32.1 Å². The summed E-state index contributed by atoms with van der Waals surface area (Å²) in [5.74, 6) is -1.24. The molecule has 35 atom stereocenters. The smallest absolute Gasteiger partial charge is 0.331 e. The summed E-state index contributed by atoms with van der Waals surface area (Å²) in [4.78, 5) is 13.7. The summed E-state index contributed by atoms with van der Waals surface area (Å²) < 4.78 is 113. The van der Waals surface area contributed by atoms with Gasteiger partial charge in [-0.1, -0.05) is 55.8 Å². The second kappa shape index (κ2) is 31.3. The third-order valence-corrected chi connectivity index (χ3v) is 24.2. The summed E-state index contributed by atoms with van der Waals surface area (Å²) in [5, 5.41) is 102. The van der Waals surface area contributed by atoms with Crippen molar-refractivity contribution in [2.75, 3.05) is 42.2 Å². The van der Waals surface area contributed by atoms with Crippen molar-refractivity contribution in [3.8, 4) is 0 Å². The van der Waals surface area contributed by atoms with Crippen LogP contribution in [0.15, 0.2) is 48.1 Å². The Morgan fingerprint density at radius 1 is 0.576 bits per heavy atom. The molecule has 0 spiro atoms. The maximum Gasteiger partial charge on any atom is 0.331 e. The lowest BCUT2D eigenvalue weighted by Crippen LogP contribution is -2.78. The highest BCUT2D eigenvalue weighted by Crippen LogP contribution is 2.71. The first-order chi connectivity index (χ1) is 47.0. The van der Waals surface area contributed by atoms with Crippen LogP contribution in [0.25, 0.3) is 6.08 Å². The van der Waals surface area contributed by atoms with Crippen LogP contribution in [0, 0.1) is 16.7 Å². The summed E-state index contributed by atoms with van der Waals surface area (Å²) in [7, 11) is 7.74. The molecular formula is C71H110O28. The largest absolute Gasteiger partial charge is 0.458 e. The normalized spacial score (nSPS) is 49.8. The quantitative estimate of drug-likeness (QED) is 0.0457. The van der Waals surface area contributed by atoms with Gasteiger partial charge < -0.3 is 131 Å². The zero-order valence-electron chi connectivity index (χ0n) is 59.2. The molecule has 1 aromatic carbocycles.